The van der Waals surface area contributed by atoms with E-state index in [0.717, 1.165) is 6.07 Å². The molecule has 0 atom stereocenters. The van der Waals surface area contributed by atoms with Gasteiger partial charge in [0.2, 0.25) is 0 Å². The SMILES string of the molecule is CCOc1cc([N+](=O)[O-])c(C(=O)Oc2ccc(C#N)cc2)cc1OC. The van der Waals surface area contributed by atoms with Crippen molar-refractivity contribution in [2.75, 3.05) is 13.7 Å². The Morgan fingerprint density at radius 2 is 1.92 bits per heavy atom. The highest BCUT2D eigenvalue weighted by Gasteiger charge is 2.26. The summed E-state index contributed by atoms with van der Waals surface area (Å²) in [5, 5.41) is 20.0. The third-order valence-corrected chi connectivity index (χ3v) is 3.19. The van der Waals surface area contributed by atoms with Gasteiger partial charge in [0, 0.05) is 6.07 Å². The van der Waals surface area contributed by atoms with Gasteiger partial charge in [-0.05, 0) is 31.2 Å². The van der Waals surface area contributed by atoms with Crippen LogP contribution < -0.4 is 14.2 Å². The average molecular weight is 342 g/mol. The van der Waals surface area contributed by atoms with E-state index in [1.54, 1.807) is 6.92 Å². The molecule has 0 fully saturated rings. The lowest BCUT2D eigenvalue weighted by molar-refractivity contribution is -0.385. The second kappa shape index (κ2) is 7.79. The van der Waals surface area contributed by atoms with Gasteiger partial charge in [-0.3, -0.25) is 10.1 Å². The quantitative estimate of drug-likeness (QED) is 0.343. The van der Waals surface area contributed by atoms with Gasteiger partial charge in [-0.25, -0.2) is 4.79 Å². The van der Waals surface area contributed by atoms with Gasteiger partial charge in [0.25, 0.3) is 5.69 Å². The molecular formula is C17H14N2O6. The van der Waals surface area contributed by atoms with Gasteiger partial charge in [0.05, 0.1) is 36.3 Å². The molecule has 0 N–H and O–H groups in total. The van der Waals surface area contributed by atoms with Crippen molar-refractivity contribution in [3.8, 4) is 23.3 Å². The molecule has 0 saturated carbocycles. The van der Waals surface area contributed by atoms with Gasteiger partial charge in [-0.1, -0.05) is 0 Å². The molecule has 0 aromatic heterocycles. The minimum Gasteiger partial charge on any atom is -0.493 e. The monoisotopic (exact) mass is 342 g/mol. The highest BCUT2D eigenvalue weighted by Crippen LogP contribution is 2.35. The standard InChI is InChI=1S/C17H14N2O6/c1-3-24-16-9-14(19(21)22)13(8-15(16)23-2)17(20)25-12-6-4-11(10-18)5-7-12/h4-9H,3H2,1-2H3. The molecule has 0 aliphatic carbocycles. The summed E-state index contributed by atoms with van der Waals surface area (Å²) in [6, 6.07) is 10.0. The first-order valence-electron chi connectivity index (χ1n) is 7.21. The highest BCUT2D eigenvalue weighted by molar-refractivity contribution is 5.96. The molecule has 8 nitrogen and oxygen atoms in total. The Bertz CT molecular complexity index is 839. The van der Waals surface area contributed by atoms with Crippen LogP contribution in [-0.4, -0.2) is 24.6 Å². The second-order valence-electron chi connectivity index (χ2n) is 4.74. The molecule has 25 heavy (non-hydrogen) atoms. The summed E-state index contributed by atoms with van der Waals surface area (Å²) in [6.07, 6.45) is 0. The van der Waals surface area contributed by atoms with Gasteiger partial charge < -0.3 is 14.2 Å². The summed E-state index contributed by atoms with van der Waals surface area (Å²) >= 11 is 0. The Morgan fingerprint density at radius 1 is 1.24 bits per heavy atom. The predicted octanol–water partition coefficient (Wildman–Crippen LogP) is 3.09. The average Bonchev–Trinajstić information content (AvgIpc) is 2.62. The first kappa shape index (κ1) is 17.7. The van der Waals surface area contributed by atoms with Crippen LogP contribution in [0.5, 0.6) is 17.2 Å². The number of esters is 1. The molecule has 2 aromatic carbocycles. The van der Waals surface area contributed by atoms with E-state index in [9.17, 15) is 14.9 Å². The van der Waals surface area contributed by atoms with Crippen molar-refractivity contribution in [2.24, 2.45) is 0 Å². The molecule has 0 radical (unpaired) electrons. The molecule has 0 spiro atoms. The first-order valence-corrected chi connectivity index (χ1v) is 7.21. The van der Waals surface area contributed by atoms with E-state index in [1.165, 1.54) is 37.4 Å². The van der Waals surface area contributed by atoms with Crippen molar-refractivity contribution in [3.63, 3.8) is 0 Å². The molecule has 0 heterocycles. The van der Waals surface area contributed by atoms with Crippen molar-refractivity contribution in [2.45, 2.75) is 6.92 Å². The zero-order chi connectivity index (χ0) is 18.4. The molecule has 0 bridgehead atoms. The zero-order valence-corrected chi connectivity index (χ0v) is 13.5. The summed E-state index contributed by atoms with van der Waals surface area (Å²) in [4.78, 5) is 22.9. The Morgan fingerprint density at radius 3 is 2.44 bits per heavy atom. The van der Waals surface area contributed by atoms with Crippen molar-refractivity contribution in [1.82, 2.24) is 0 Å². The number of carbonyl (C=O) groups is 1. The summed E-state index contributed by atoms with van der Waals surface area (Å²) in [7, 11) is 1.36. The minimum atomic E-state index is -0.919. The number of nitriles is 1. The van der Waals surface area contributed by atoms with Gasteiger partial charge in [-0.2, -0.15) is 5.26 Å². The Kier molecular flexibility index (Phi) is 5.53. The maximum Gasteiger partial charge on any atom is 0.350 e. The van der Waals surface area contributed by atoms with Crippen LogP contribution in [0.15, 0.2) is 36.4 Å². The summed E-state index contributed by atoms with van der Waals surface area (Å²) < 4.78 is 15.5. The number of benzene rings is 2. The van der Waals surface area contributed by atoms with Crippen LogP contribution in [-0.2, 0) is 0 Å². The number of nitro benzene ring substituents is 1. The Hall–Kier alpha value is -3.60. The maximum atomic E-state index is 12.3. The fourth-order valence-corrected chi connectivity index (χ4v) is 2.05. The van der Waals surface area contributed by atoms with E-state index < -0.39 is 16.6 Å². The van der Waals surface area contributed by atoms with Crippen molar-refractivity contribution in [1.29, 1.82) is 5.26 Å². The van der Waals surface area contributed by atoms with Crippen molar-refractivity contribution < 1.29 is 23.9 Å². The molecule has 0 amide bonds. The van der Waals surface area contributed by atoms with E-state index in [-0.39, 0.29) is 29.4 Å². The maximum absolute atomic E-state index is 12.3. The van der Waals surface area contributed by atoms with Gasteiger partial charge in [0.1, 0.15) is 11.3 Å². The number of hydrogen-bond donors (Lipinski definition) is 0. The lowest BCUT2D eigenvalue weighted by atomic mass is 10.1. The molecular weight excluding hydrogens is 328 g/mol. The van der Waals surface area contributed by atoms with Crippen LogP contribution in [0.3, 0.4) is 0 Å². The number of rotatable bonds is 6. The van der Waals surface area contributed by atoms with Crippen LogP contribution in [0, 0.1) is 21.4 Å². The molecule has 128 valence electrons. The zero-order valence-electron chi connectivity index (χ0n) is 13.5. The normalized spacial score (nSPS) is 9.80. The summed E-state index contributed by atoms with van der Waals surface area (Å²) in [5.74, 6) is -0.422. The molecule has 2 aromatic rings. The first-order chi connectivity index (χ1) is 12.0. The number of methoxy groups -OCH3 is 1. The molecule has 0 saturated heterocycles. The molecule has 8 heteroatoms. The highest BCUT2D eigenvalue weighted by atomic mass is 16.6. The van der Waals surface area contributed by atoms with Crippen LogP contribution in [0.1, 0.15) is 22.8 Å². The third kappa shape index (κ3) is 4.03. The lowest BCUT2D eigenvalue weighted by Crippen LogP contribution is -2.12. The topological polar surface area (TPSA) is 112 Å². The third-order valence-electron chi connectivity index (χ3n) is 3.19. The van der Waals surface area contributed by atoms with Crippen LogP contribution in [0.4, 0.5) is 5.69 Å². The summed E-state index contributed by atoms with van der Waals surface area (Å²) in [5.41, 5.74) is -0.328. The largest absolute Gasteiger partial charge is 0.493 e. The number of ether oxygens (including phenoxy) is 3. The van der Waals surface area contributed by atoms with E-state index in [0.29, 0.717) is 5.56 Å². The van der Waals surface area contributed by atoms with E-state index >= 15 is 0 Å². The van der Waals surface area contributed by atoms with E-state index in [4.69, 9.17) is 19.5 Å². The predicted molar refractivity (Wildman–Crippen MR) is 86.9 cm³/mol. The van der Waals surface area contributed by atoms with Crippen LogP contribution in [0.2, 0.25) is 0 Å². The molecule has 0 aliphatic rings. The Labute approximate surface area is 143 Å². The second-order valence-corrected chi connectivity index (χ2v) is 4.74. The Balaban J connectivity index is 2.39. The van der Waals surface area contributed by atoms with Crippen molar-refractivity contribution >= 4 is 11.7 Å². The van der Waals surface area contributed by atoms with Gasteiger partial charge in [-0.15, -0.1) is 0 Å². The van der Waals surface area contributed by atoms with Crippen LogP contribution >= 0.6 is 0 Å². The van der Waals surface area contributed by atoms with Crippen molar-refractivity contribution in [3.05, 3.63) is 57.6 Å². The summed E-state index contributed by atoms with van der Waals surface area (Å²) in [6.45, 7) is 2.00. The van der Waals surface area contributed by atoms with Crippen LogP contribution in [0.25, 0.3) is 0 Å². The number of nitrogens with zero attached hydrogens (tertiary/aromatic N) is 2. The molecule has 0 unspecified atom stereocenters. The fourth-order valence-electron chi connectivity index (χ4n) is 2.05. The van der Waals surface area contributed by atoms with Gasteiger partial charge in [0.15, 0.2) is 11.5 Å². The van der Waals surface area contributed by atoms with Gasteiger partial charge >= 0.3 is 5.97 Å². The van der Waals surface area contributed by atoms with E-state index in [1.807, 2.05) is 6.07 Å². The van der Waals surface area contributed by atoms with E-state index in [2.05, 4.69) is 0 Å². The minimum absolute atomic E-state index is 0.158. The smallest absolute Gasteiger partial charge is 0.350 e. The number of hydrogen-bond acceptors (Lipinski definition) is 7. The number of nitro groups is 1. The number of carbonyl (C=O) groups excluding carboxylic acids is 1. The lowest BCUT2D eigenvalue weighted by Gasteiger charge is -2.11. The fraction of sp³-hybridized carbons (Fsp3) is 0.176. The molecule has 0 aliphatic heterocycles. The molecule has 2 rings (SSSR count).